The van der Waals surface area contributed by atoms with Crippen molar-refractivity contribution in [2.24, 2.45) is 0 Å². The van der Waals surface area contributed by atoms with Crippen LogP contribution >= 0.6 is 0 Å². The van der Waals surface area contributed by atoms with Gasteiger partial charge >= 0.3 is 0 Å². The lowest BCUT2D eigenvalue weighted by atomic mass is 9.97. The zero-order valence-electron chi connectivity index (χ0n) is 12.4. The van der Waals surface area contributed by atoms with Gasteiger partial charge in [-0.1, -0.05) is 0 Å². The SMILES string of the molecule is CNC1(CO)CCC(N2CC3CCCN3CC2C)C1. The van der Waals surface area contributed by atoms with Gasteiger partial charge in [-0.05, 0) is 52.6 Å². The summed E-state index contributed by atoms with van der Waals surface area (Å²) in [5.41, 5.74) is -0.0167. The zero-order valence-corrected chi connectivity index (χ0v) is 12.4. The van der Waals surface area contributed by atoms with E-state index in [1.165, 1.54) is 38.9 Å². The van der Waals surface area contributed by atoms with E-state index in [2.05, 4.69) is 22.0 Å². The van der Waals surface area contributed by atoms with E-state index in [0.29, 0.717) is 12.1 Å². The van der Waals surface area contributed by atoms with E-state index >= 15 is 0 Å². The lowest BCUT2D eigenvalue weighted by Gasteiger charge is -2.45. The third kappa shape index (κ3) is 2.44. The molecule has 4 unspecified atom stereocenters. The Balaban J connectivity index is 1.66. The molecule has 2 saturated heterocycles. The molecule has 2 N–H and O–H groups in total. The molecule has 3 fully saturated rings. The van der Waals surface area contributed by atoms with Crippen molar-refractivity contribution in [3.8, 4) is 0 Å². The van der Waals surface area contributed by atoms with Crippen molar-refractivity contribution >= 4 is 0 Å². The van der Waals surface area contributed by atoms with Crippen LogP contribution in [0.5, 0.6) is 0 Å². The third-order valence-corrected chi connectivity index (χ3v) is 5.87. The lowest BCUT2D eigenvalue weighted by Crippen LogP contribution is -2.58. The summed E-state index contributed by atoms with van der Waals surface area (Å²) in [4.78, 5) is 5.43. The van der Waals surface area contributed by atoms with Gasteiger partial charge in [-0.3, -0.25) is 9.80 Å². The second kappa shape index (κ2) is 5.32. The number of aliphatic hydroxyl groups excluding tert-OH is 1. The largest absolute Gasteiger partial charge is 0.394 e. The number of nitrogens with one attached hydrogen (secondary N) is 1. The first-order valence-electron chi connectivity index (χ1n) is 7.97. The Hall–Kier alpha value is -0.160. The summed E-state index contributed by atoms with van der Waals surface area (Å²) >= 11 is 0. The molecule has 3 aliphatic rings. The van der Waals surface area contributed by atoms with Gasteiger partial charge in [-0.2, -0.15) is 0 Å². The first kappa shape index (κ1) is 13.8. The Labute approximate surface area is 117 Å². The number of nitrogens with zero attached hydrogens (tertiary/aromatic N) is 2. The minimum atomic E-state index is -0.0167. The van der Waals surface area contributed by atoms with E-state index in [1.807, 2.05) is 7.05 Å². The van der Waals surface area contributed by atoms with Gasteiger partial charge in [0, 0.05) is 36.8 Å². The number of fused-ring (bicyclic) bond motifs is 1. The van der Waals surface area contributed by atoms with Crippen LogP contribution in [0.25, 0.3) is 0 Å². The average Bonchev–Trinajstić information content (AvgIpc) is 3.03. The number of aliphatic hydroxyl groups is 1. The molecule has 4 nitrogen and oxygen atoms in total. The number of hydrogen-bond acceptors (Lipinski definition) is 4. The number of piperazine rings is 1. The highest BCUT2D eigenvalue weighted by Gasteiger charge is 2.44. The van der Waals surface area contributed by atoms with Gasteiger partial charge in [-0.15, -0.1) is 0 Å². The molecule has 2 heterocycles. The first-order chi connectivity index (χ1) is 9.17. The van der Waals surface area contributed by atoms with Crippen LogP contribution in [-0.4, -0.2) is 71.9 Å². The van der Waals surface area contributed by atoms with Gasteiger partial charge in [0.25, 0.3) is 0 Å². The topological polar surface area (TPSA) is 38.7 Å². The molecular formula is C15H29N3O. The number of rotatable bonds is 3. The summed E-state index contributed by atoms with van der Waals surface area (Å²) in [6.07, 6.45) is 6.22. The summed E-state index contributed by atoms with van der Waals surface area (Å²) in [6, 6.07) is 2.14. The minimum Gasteiger partial charge on any atom is -0.394 e. The summed E-state index contributed by atoms with van der Waals surface area (Å²) in [5, 5.41) is 13.0. The van der Waals surface area contributed by atoms with Crippen LogP contribution in [0.2, 0.25) is 0 Å². The fourth-order valence-electron chi connectivity index (χ4n) is 4.55. The van der Waals surface area contributed by atoms with Crippen LogP contribution in [0.3, 0.4) is 0 Å². The molecule has 0 radical (unpaired) electrons. The smallest absolute Gasteiger partial charge is 0.0613 e. The Bertz CT molecular complexity index is 319. The molecular weight excluding hydrogens is 238 g/mol. The van der Waals surface area contributed by atoms with Crippen LogP contribution in [0, 0.1) is 0 Å². The molecule has 4 heteroatoms. The van der Waals surface area contributed by atoms with Crippen LogP contribution in [0.15, 0.2) is 0 Å². The molecule has 110 valence electrons. The van der Waals surface area contributed by atoms with Gasteiger partial charge in [0.1, 0.15) is 0 Å². The molecule has 0 amide bonds. The van der Waals surface area contributed by atoms with Crippen molar-refractivity contribution in [3.63, 3.8) is 0 Å². The van der Waals surface area contributed by atoms with Crippen LogP contribution in [0.4, 0.5) is 0 Å². The highest BCUT2D eigenvalue weighted by atomic mass is 16.3. The van der Waals surface area contributed by atoms with Crippen LogP contribution < -0.4 is 5.32 Å². The lowest BCUT2D eigenvalue weighted by molar-refractivity contribution is 0.0256. The monoisotopic (exact) mass is 267 g/mol. The molecule has 1 saturated carbocycles. The number of likely N-dealkylation sites (N-methyl/N-ethyl adjacent to an activating group) is 1. The molecule has 0 aromatic carbocycles. The van der Waals surface area contributed by atoms with E-state index in [0.717, 1.165) is 18.9 Å². The quantitative estimate of drug-likeness (QED) is 0.788. The molecule has 0 aromatic rings. The average molecular weight is 267 g/mol. The molecule has 0 spiro atoms. The summed E-state index contributed by atoms with van der Waals surface area (Å²) in [7, 11) is 2.00. The van der Waals surface area contributed by atoms with Gasteiger partial charge in [0.05, 0.1) is 6.61 Å². The van der Waals surface area contributed by atoms with Gasteiger partial charge in [0.2, 0.25) is 0 Å². The Kier molecular flexibility index (Phi) is 3.87. The molecule has 19 heavy (non-hydrogen) atoms. The van der Waals surface area contributed by atoms with Crippen molar-refractivity contribution in [1.82, 2.24) is 15.1 Å². The molecule has 0 bridgehead atoms. The summed E-state index contributed by atoms with van der Waals surface area (Å²) < 4.78 is 0. The minimum absolute atomic E-state index is 0.0167. The van der Waals surface area contributed by atoms with Crippen LogP contribution in [-0.2, 0) is 0 Å². The van der Waals surface area contributed by atoms with Crippen LogP contribution in [0.1, 0.15) is 39.0 Å². The second-order valence-corrected chi connectivity index (χ2v) is 6.92. The van der Waals surface area contributed by atoms with Gasteiger partial charge in [-0.25, -0.2) is 0 Å². The fourth-order valence-corrected chi connectivity index (χ4v) is 4.55. The normalized spacial score (nSPS) is 44.7. The van der Waals surface area contributed by atoms with E-state index < -0.39 is 0 Å². The molecule has 0 aromatic heterocycles. The zero-order chi connectivity index (χ0) is 13.5. The van der Waals surface area contributed by atoms with E-state index in [1.54, 1.807) is 0 Å². The maximum atomic E-state index is 9.66. The second-order valence-electron chi connectivity index (χ2n) is 6.92. The Morgan fingerprint density at radius 3 is 2.79 bits per heavy atom. The maximum absolute atomic E-state index is 9.66. The highest BCUT2D eigenvalue weighted by molar-refractivity contribution is 5.02. The van der Waals surface area contributed by atoms with Crippen molar-refractivity contribution in [2.45, 2.75) is 62.7 Å². The molecule has 4 atom stereocenters. The predicted octanol–water partition coefficient (Wildman–Crippen LogP) is 0.658. The van der Waals surface area contributed by atoms with Crippen molar-refractivity contribution in [2.75, 3.05) is 33.3 Å². The number of hydrogen-bond donors (Lipinski definition) is 2. The van der Waals surface area contributed by atoms with E-state index in [-0.39, 0.29) is 12.1 Å². The van der Waals surface area contributed by atoms with Crippen molar-refractivity contribution in [1.29, 1.82) is 0 Å². The fraction of sp³-hybridized carbons (Fsp3) is 1.00. The predicted molar refractivity (Wildman–Crippen MR) is 77.3 cm³/mol. The van der Waals surface area contributed by atoms with E-state index in [4.69, 9.17) is 0 Å². The third-order valence-electron chi connectivity index (χ3n) is 5.87. The molecule has 2 aliphatic heterocycles. The van der Waals surface area contributed by atoms with Gasteiger partial charge < -0.3 is 10.4 Å². The maximum Gasteiger partial charge on any atom is 0.0613 e. The van der Waals surface area contributed by atoms with Crippen molar-refractivity contribution in [3.05, 3.63) is 0 Å². The highest BCUT2D eigenvalue weighted by Crippen LogP contribution is 2.36. The Morgan fingerprint density at radius 1 is 1.26 bits per heavy atom. The summed E-state index contributed by atoms with van der Waals surface area (Å²) in [5.74, 6) is 0. The summed E-state index contributed by atoms with van der Waals surface area (Å²) in [6.45, 7) is 6.46. The molecule has 3 rings (SSSR count). The first-order valence-corrected chi connectivity index (χ1v) is 7.97. The Morgan fingerprint density at radius 2 is 2.11 bits per heavy atom. The van der Waals surface area contributed by atoms with Gasteiger partial charge in [0.15, 0.2) is 0 Å². The molecule has 1 aliphatic carbocycles. The van der Waals surface area contributed by atoms with E-state index in [9.17, 15) is 5.11 Å². The van der Waals surface area contributed by atoms with Crippen molar-refractivity contribution < 1.29 is 5.11 Å². The standard InChI is InChI=1S/C15H29N3O/c1-12-9-17-7-3-4-14(17)10-18(12)13-5-6-15(8-13,11-19)16-2/h12-14,16,19H,3-11H2,1-2H3.